The lowest BCUT2D eigenvalue weighted by Gasteiger charge is -2.28. The van der Waals surface area contributed by atoms with Crippen LogP contribution in [0.4, 0.5) is 8.78 Å². The fraction of sp³-hybridized carbons (Fsp3) is 0.125. The van der Waals surface area contributed by atoms with Crippen LogP contribution in [0.3, 0.4) is 0 Å². The molecule has 0 saturated heterocycles. The Morgan fingerprint density at radius 1 is 0.905 bits per heavy atom. The van der Waals surface area contributed by atoms with Crippen molar-refractivity contribution in [2.24, 2.45) is 4.99 Å². The molecule has 1 aliphatic rings. The van der Waals surface area contributed by atoms with Crippen LogP contribution in [0.1, 0.15) is 18.1 Å². The Morgan fingerprint density at radius 3 is 1.67 bits per heavy atom. The van der Waals surface area contributed by atoms with Gasteiger partial charge in [-0.25, -0.2) is 8.78 Å². The van der Waals surface area contributed by atoms with Gasteiger partial charge < -0.3 is 5.32 Å². The zero-order chi connectivity index (χ0) is 15.0. The van der Waals surface area contributed by atoms with Crippen molar-refractivity contribution in [3.8, 4) is 0 Å². The number of benzene rings is 2. The largest absolute Gasteiger partial charge is 0.352 e. The van der Waals surface area contributed by atoms with Crippen LogP contribution < -0.4 is 5.32 Å². The molecule has 0 atom stereocenters. The molecule has 1 amide bonds. The van der Waals surface area contributed by atoms with Gasteiger partial charge in [0.2, 0.25) is 0 Å². The number of hydrogen-bond acceptors (Lipinski definition) is 2. The lowest BCUT2D eigenvalue weighted by atomic mass is 9.82. The molecule has 0 saturated carbocycles. The predicted molar refractivity (Wildman–Crippen MR) is 74.8 cm³/mol. The van der Waals surface area contributed by atoms with E-state index in [1.807, 2.05) is 0 Å². The van der Waals surface area contributed by atoms with E-state index < -0.39 is 23.1 Å². The van der Waals surface area contributed by atoms with Gasteiger partial charge in [0.25, 0.3) is 5.91 Å². The molecule has 3 rings (SSSR count). The summed E-state index contributed by atoms with van der Waals surface area (Å²) < 4.78 is 26.3. The fourth-order valence-corrected chi connectivity index (χ4v) is 2.55. The Kier molecular flexibility index (Phi) is 3.05. The van der Waals surface area contributed by atoms with Crippen molar-refractivity contribution in [3.05, 3.63) is 71.3 Å². The zero-order valence-corrected chi connectivity index (χ0v) is 11.2. The summed E-state index contributed by atoms with van der Waals surface area (Å²) in [6.45, 7) is 1.67. The molecule has 1 heterocycles. The molecule has 3 nitrogen and oxygen atoms in total. The second-order valence-electron chi connectivity index (χ2n) is 4.89. The monoisotopic (exact) mass is 284 g/mol. The Morgan fingerprint density at radius 2 is 1.33 bits per heavy atom. The van der Waals surface area contributed by atoms with E-state index in [0.717, 1.165) is 0 Å². The van der Waals surface area contributed by atoms with Crippen molar-refractivity contribution < 1.29 is 13.6 Å². The fourth-order valence-electron chi connectivity index (χ4n) is 2.55. The highest BCUT2D eigenvalue weighted by Crippen LogP contribution is 2.34. The van der Waals surface area contributed by atoms with Gasteiger partial charge in [-0.05, 0) is 42.3 Å². The van der Waals surface area contributed by atoms with Crippen LogP contribution >= 0.6 is 0 Å². The van der Waals surface area contributed by atoms with Gasteiger partial charge in [0, 0.05) is 0 Å². The summed E-state index contributed by atoms with van der Waals surface area (Å²) in [5.41, 5.74) is -0.118. The van der Waals surface area contributed by atoms with E-state index in [-0.39, 0.29) is 0 Å². The van der Waals surface area contributed by atoms with Crippen molar-refractivity contribution in [2.45, 2.75) is 12.5 Å². The average Bonchev–Trinajstić information content (AvgIpc) is 2.76. The molecule has 106 valence electrons. The van der Waals surface area contributed by atoms with E-state index >= 15 is 0 Å². The molecular formula is C16H12F2N2O. The van der Waals surface area contributed by atoms with E-state index in [2.05, 4.69) is 10.3 Å². The van der Waals surface area contributed by atoms with Crippen LogP contribution in [-0.4, -0.2) is 11.7 Å². The highest BCUT2D eigenvalue weighted by molar-refractivity contribution is 6.08. The van der Waals surface area contributed by atoms with E-state index in [1.165, 1.54) is 48.5 Å². The maximum atomic E-state index is 13.1. The molecule has 2 aromatic carbocycles. The van der Waals surface area contributed by atoms with Gasteiger partial charge in [0.15, 0.2) is 5.54 Å². The van der Waals surface area contributed by atoms with Gasteiger partial charge in [-0.1, -0.05) is 24.3 Å². The minimum atomic E-state index is -1.23. The number of rotatable bonds is 2. The first-order valence-electron chi connectivity index (χ1n) is 6.42. The normalized spacial score (nSPS) is 16.5. The summed E-state index contributed by atoms with van der Waals surface area (Å²) in [5, 5.41) is 3.04. The third-order valence-electron chi connectivity index (χ3n) is 3.51. The molecule has 0 unspecified atom stereocenters. The minimum absolute atomic E-state index is 0.393. The van der Waals surface area contributed by atoms with Crippen LogP contribution in [0.15, 0.2) is 53.5 Å². The van der Waals surface area contributed by atoms with E-state index in [1.54, 1.807) is 6.92 Å². The van der Waals surface area contributed by atoms with Crippen molar-refractivity contribution in [1.29, 1.82) is 0 Å². The summed E-state index contributed by atoms with van der Waals surface area (Å²) in [5.74, 6) is -0.723. The molecule has 1 N–H and O–H groups in total. The molecule has 0 spiro atoms. The van der Waals surface area contributed by atoms with Crippen molar-refractivity contribution in [3.63, 3.8) is 0 Å². The number of aliphatic imine (C=N–C) groups is 1. The van der Waals surface area contributed by atoms with Gasteiger partial charge in [0.05, 0.1) is 0 Å². The molecule has 5 heteroatoms. The van der Waals surface area contributed by atoms with Gasteiger partial charge in [-0.2, -0.15) is 4.99 Å². The van der Waals surface area contributed by atoms with E-state index in [4.69, 9.17) is 0 Å². The molecular weight excluding hydrogens is 272 g/mol. The third kappa shape index (κ3) is 2.11. The van der Waals surface area contributed by atoms with E-state index in [0.29, 0.717) is 17.0 Å². The number of hydrogen-bond donors (Lipinski definition) is 1. The van der Waals surface area contributed by atoms with Gasteiger partial charge in [0.1, 0.15) is 17.5 Å². The van der Waals surface area contributed by atoms with Crippen LogP contribution in [0.5, 0.6) is 0 Å². The summed E-state index contributed by atoms with van der Waals surface area (Å²) in [6.07, 6.45) is 0. The summed E-state index contributed by atoms with van der Waals surface area (Å²) in [4.78, 5) is 16.4. The molecule has 0 radical (unpaired) electrons. The van der Waals surface area contributed by atoms with E-state index in [9.17, 15) is 13.6 Å². The first-order chi connectivity index (χ1) is 10.0. The standard InChI is InChI=1S/C16H12F2N2O/c1-10-19-15(21)16(20-10,11-2-6-13(17)7-3-11)12-4-8-14(18)9-5-12/h2-9H,1H3,(H,19,20,21)/i17-1,18-1. The Bertz CT molecular complexity index is 675. The van der Waals surface area contributed by atoms with Crippen LogP contribution in [-0.2, 0) is 10.3 Å². The molecule has 0 fully saturated rings. The maximum absolute atomic E-state index is 13.1. The number of nitrogens with one attached hydrogen (secondary N) is 1. The lowest BCUT2D eigenvalue weighted by Crippen LogP contribution is -2.46. The van der Waals surface area contributed by atoms with Crippen molar-refractivity contribution in [1.82, 2.24) is 5.32 Å². The first-order valence-corrected chi connectivity index (χ1v) is 6.42. The second-order valence-corrected chi connectivity index (χ2v) is 4.89. The summed E-state index contributed by atoms with van der Waals surface area (Å²) >= 11 is 0. The average molecular weight is 284 g/mol. The third-order valence-corrected chi connectivity index (χ3v) is 3.51. The maximum Gasteiger partial charge on any atom is 0.282 e. The number of halogens is 2. The quantitative estimate of drug-likeness (QED) is 0.921. The van der Waals surface area contributed by atoms with Crippen molar-refractivity contribution >= 4 is 11.7 Å². The smallest absolute Gasteiger partial charge is 0.282 e. The summed E-state index contributed by atoms with van der Waals surface area (Å²) in [6, 6.07) is 11.2. The first kappa shape index (κ1) is 13.4. The molecule has 0 aromatic heterocycles. The van der Waals surface area contributed by atoms with Crippen LogP contribution in [0, 0.1) is 11.6 Å². The number of amides is 1. The Labute approximate surface area is 120 Å². The molecule has 0 aliphatic carbocycles. The second kappa shape index (κ2) is 4.77. The number of carbonyl (C=O) groups excluding carboxylic acids is 1. The number of nitrogens with zero attached hydrogens (tertiary/aromatic N) is 1. The Balaban J connectivity index is 2.19. The SMILES string of the molecule is CC1=NC(=O)C(c2ccc([18F])cc2)(c2ccc([18F])cc2)N1. The van der Waals surface area contributed by atoms with Gasteiger partial charge >= 0.3 is 0 Å². The van der Waals surface area contributed by atoms with Crippen LogP contribution in [0.25, 0.3) is 0 Å². The number of amidine groups is 1. The lowest BCUT2D eigenvalue weighted by molar-refractivity contribution is -0.121. The highest BCUT2D eigenvalue weighted by Gasteiger charge is 2.46. The number of carbonyl (C=O) groups is 1. The molecule has 0 bridgehead atoms. The van der Waals surface area contributed by atoms with Gasteiger partial charge in [-0.3, -0.25) is 4.79 Å². The molecule has 21 heavy (non-hydrogen) atoms. The predicted octanol–water partition coefficient (Wildman–Crippen LogP) is 2.76. The van der Waals surface area contributed by atoms with Gasteiger partial charge in [-0.15, -0.1) is 0 Å². The summed E-state index contributed by atoms with van der Waals surface area (Å²) in [7, 11) is 0. The van der Waals surface area contributed by atoms with Crippen LogP contribution in [0.2, 0.25) is 0 Å². The molecule has 2 aromatic rings. The Hall–Kier alpha value is -2.56. The molecule has 1 aliphatic heterocycles. The topological polar surface area (TPSA) is 41.5 Å². The zero-order valence-electron chi connectivity index (χ0n) is 11.2. The highest BCUT2D eigenvalue weighted by atomic mass is 18.2. The van der Waals surface area contributed by atoms with Crippen molar-refractivity contribution in [2.75, 3.05) is 0 Å². The minimum Gasteiger partial charge on any atom is -0.352 e.